The van der Waals surface area contributed by atoms with Crippen molar-refractivity contribution in [3.63, 3.8) is 0 Å². The average molecular weight is 297 g/mol. The SMILES string of the molecule is CCNc1ccc(S(=O)(=O)NC2CCCN(C)C2)cc1. The van der Waals surface area contributed by atoms with Gasteiger partial charge in [0.2, 0.25) is 10.0 Å². The van der Waals surface area contributed by atoms with E-state index in [1.807, 2.05) is 14.0 Å². The summed E-state index contributed by atoms with van der Waals surface area (Å²) in [6.45, 7) is 4.63. The summed E-state index contributed by atoms with van der Waals surface area (Å²) < 4.78 is 27.5. The summed E-state index contributed by atoms with van der Waals surface area (Å²) in [5.74, 6) is 0. The molecule has 2 rings (SSSR count). The summed E-state index contributed by atoms with van der Waals surface area (Å²) in [6, 6.07) is 6.89. The molecule has 0 spiro atoms. The Kier molecular flexibility index (Phi) is 5.01. The zero-order valence-corrected chi connectivity index (χ0v) is 12.9. The van der Waals surface area contributed by atoms with Crippen LogP contribution in [0.4, 0.5) is 5.69 Å². The van der Waals surface area contributed by atoms with Gasteiger partial charge in [0.25, 0.3) is 0 Å². The van der Waals surface area contributed by atoms with Gasteiger partial charge in [-0.05, 0) is 57.6 Å². The lowest BCUT2D eigenvalue weighted by atomic mass is 10.1. The molecule has 1 saturated heterocycles. The fourth-order valence-electron chi connectivity index (χ4n) is 2.51. The number of likely N-dealkylation sites (N-methyl/N-ethyl adjacent to an activating group) is 1. The van der Waals surface area contributed by atoms with Gasteiger partial charge >= 0.3 is 0 Å². The third-order valence-electron chi connectivity index (χ3n) is 3.49. The predicted octanol–water partition coefficient (Wildman–Crippen LogP) is 1.49. The van der Waals surface area contributed by atoms with Crippen molar-refractivity contribution in [1.29, 1.82) is 0 Å². The largest absolute Gasteiger partial charge is 0.385 e. The maximum absolute atomic E-state index is 12.3. The van der Waals surface area contributed by atoms with Gasteiger partial charge in [-0.15, -0.1) is 0 Å². The highest BCUT2D eigenvalue weighted by molar-refractivity contribution is 7.89. The lowest BCUT2D eigenvalue weighted by molar-refractivity contribution is 0.242. The Morgan fingerprint density at radius 1 is 1.30 bits per heavy atom. The molecular weight excluding hydrogens is 274 g/mol. The van der Waals surface area contributed by atoms with Crippen LogP contribution in [0.25, 0.3) is 0 Å². The molecule has 112 valence electrons. The topological polar surface area (TPSA) is 61.4 Å². The number of sulfonamides is 1. The Labute approximate surface area is 121 Å². The van der Waals surface area contributed by atoms with Gasteiger partial charge in [-0.3, -0.25) is 0 Å². The molecule has 1 aromatic rings. The number of rotatable bonds is 5. The summed E-state index contributed by atoms with van der Waals surface area (Å²) >= 11 is 0. The first-order chi connectivity index (χ1) is 9.51. The summed E-state index contributed by atoms with van der Waals surface area (Å²) in [5, 5.41) is 3.15. The van der Waals surface area contributed by atoms with E-state index in [1.54, 1.807) is 24.3 Å². The van der Waals surface area contributed by atoms with E-state index >= 15 is 0 Å². The second-order valence-electron chi connectivity index (χ2n) is 5.28. The molecule has 0 radical (unpaired) electrons. The fraction of sp³-hybridized carbons (Fsp3) is 0.571. The van der Waals surface area contributed by atoms with Crippen LogP contribution in [-0.4, -0.2) is 46.0 Å². The van der Waals surface area contributed by atoms with Crippen LogP contribution in [0, 0.1) is 0 Å². The molecule has 0 bridgehead atoms. The minimum absolute atomic E-state index is 0.00666. The maximum atomic E-state index is 12.3. The zero-order valence-electron chi connectivity index (χ0n) is 12.1. The van der Waals surface area contributed by atoms with Crippen LogP contribution in [0.1, 0.15) is 19.8 Å². The van der Waals surface area contributed by atoms with Gasteiger partial charge in [-0.25, -0.2) is 13.1 Å². The van der Waals surface area contributed by atoms with E-state index in [0.29, 0.717) is 4.90 Å². The molecule has 0 amide bonds. The second-order valence-corrected chi connectivity index (χ2v) is 6.99. The van der Waals surface area contributed by atoms with Gasteiger partial charge in [0.15, 0.2) is 0 Å². The van der Waals surface area contributed by atoms with Crippen molar-refractivity contribution >= 4 is 15.7 Å². The van der Waals surface area contributed by atoms with Gasteiger partial charge in [-0.2, -0.15) is 0 Å². The van der Waals surface area contributed by atoms with Crippen molar-refractivity contribution < 1.29 is 8.42 Å². The van der Waals surface area contributed by atoms with E-state index in [2.05, 4.69) is 14.9 Å². The fourth-order valence-corrected chi connectivity index (χ4v) is 3.77. The highest BCUT2D eigenvalue weighted by Gasteiger charge is 2.23. The number of benzene rings is 1. The van der Waals surface area contributed by atoms with E-state index in [1.165, 1.54) is 0 Å². The number of nitrogens with one attached hydrogen (secondary N) is 2. The van der Waals surface area contributed by atoms with E-state index < -0.39 is 10.0 Å². The van der Waals surface area contributed by atoms with Crippen LogP contribution < -0.4 is 10.0 Å². The lowest BCUT2D eigenvalue weighted by Gasteiger charge is -2.29. The molecule has 1 heterocycles. The molecule has 5 nitrogen and oxygen atoms in total. The monoisotopic (exact) mass is 297 g/mol. The number of anilines is 1. The first-order valence-electron chi connectivity index (χ1n) is 7.06. The highest BCUT2D eigenvalue weighted by Crippen LogP contribution is 2.16. The number of hydrogen-bond donors (Lipinski definition) is 2. The van der Waals surface area contributed by atoms with Crippen molar-refractivity contribution in [1.82, 2.24) is 9.62 Å². The summed E-state index contributed by atoms with van der Waals surface area (Å²) in [7, 11) is -1.40. The molecule has 1 aliphatic heterocycles. The van der Waals surface area contributed by atoms with Gasteiger partial charge in [-0.1, -0.05) is 0 Å². The van der Waals surface area contributed by atoms with Gasteiger partial charge < -0.3 is 10.2 Å². The maximum Gasteiger partial charge on any atom is 0.240 e. The molecule has 6 heteroatoms. The molecule has 1 fully saturated rings. The third-order valence-corrected chi connectivity index (χ3v) is 5.03. The number of likely N-dealkylation sites (tertiary alicyclic amines) is 1. The highest BCUT2D eigenvalue weighted by atomic mass is 32.2. The number of piperidine rings is 1. The summed E-state index contributed by atoms with van der Waals surface area (Å²) in [5.41, 5.74) is 0.934. The van der Waals surface area contributed by atoms with E-state index in [9.17, 15) is 8.42 Å². The van der Waals surface area contributed by atoms with E-state index in [4.69, 9.17) is 0 Å². The van der Waals surface area contributed by atoms with E-state index in [-0.39, 0.29) is 6.04 Å². The Balaban J connectivity index is 2.05. The van der Waals surface area contributed by atoms with Crippen LogP contribution in [0.3, 0.4) is 0 Å². The van der Waals surface area contributed by atoms with Crippen LogP contribution in [0.2, 0.25) is 0 Å². The Hall–Kier alpha value is -1.11. The molecule has 1 atom stereocenters. The molecule has 1 aromatic carbocycles. The normalized spacial score (nSPS) is 20.8. The van der Waals surface area contributed by atoms with Crippen molar-refractivity contribution in [2.45, 2.75) is 30.7 Å². The molecule has 0 aliphatic carbocycles. The first kappa shape index (κ1) is 15.3. The van der Waals surface area contributed by atoms with E-state index in [0.717, 1.165) is 38.2 Å². The molecule has 1 unspecified atom stereocenters. The predicted molar refractivity (Wildman–Crippen MR) is 81.4 cm³/mol. The van der Waals surface area contributed by atoms with Gasteiger partial charge in [0, 0.05) is 24.8 Å². The quantitative estimate of drug-likeness (QED) is 0.864. The molecule has 2 N–H and O–H groups in total. The second kappa shape index (κ2) is 6.56. The molecule has 20 heavy (non-hydrogen) atoms. The minimum Gasteiger partial charge on any atom is -0.385 e. The molecule has 0 aromatic heterocycles. The van der Waals surface area contributed by atoms with Crippen LogP contribution in [-0.2, 0) is 10.0 Å². The first-order valence-corrected chi connectivity index (χ1v) is 8.54. The van der Waals surface area contributed by atoms with Crippen molar-refractivity contribution in [2.75, 3.05) is 32.0 Å². The van der Waals surface area contributed by atoms with Crippen LogP contribution in [0.15, 0.2) is 29.2 Å². The average Bonchev–Trinajstić information content (AvgIpc) is 2.39. The smallest absolute Gasteiger partial charge is 0.240 e. The number of hydrogen-bond acceptors (Lipinski definition) is 4. The Bertz CT molecular complexity index is 528. The minimum atomic E-state index is -3.42. The van der Waals surface area contributed by atoms with Crippen molar-refractivity contribution in [3.05, 3.63) is 24.3 Å². The lowest BCUT2D eigenvalue weighted by Crippen LogP contribution is -2.46. The van der Waals surface area contributed by atoms with Crippen molar-refractivity contribution in [2.24, 2.45) is 0 Å². The standard InChI is InChI=1S/C14H23N3O2S/c1-3-15-12-6-8-14(9-7-12)20(18,19)16-13-5-4-10-17(2)11-13/h6-9,13,15-16H,3-5,10-11H2,1-2H3. The molecule has 0 saturated carbocycles. The molecular formula is C14H23N3O2S. The summed E-state index contributed by atoms with van der Waals surface area (Å²) in [4.78, 5) is 2.48. The van der Waals surface area contributed by atoms with Crippen LogP contribution >= 0.6 is 0 Å². The Morgan fingerprint density at radius 3 is 2.60 bits per heavy atom. The number of nitrogens with zero attached hydrogens (tertiary/aromatic N) is 1. The third kappa shape index (κ3) is 3.94. The van der Waals surface area contributed by atoms with Gasteiger partial charge in [0.1, 0.15) is 0 Å². The van der Waals surface area contributed by atoms with Crippen LogP contribution in [0.5, 0.6) is 0 Å². The van der Waals surface area contributed by atoms with Gasteiger partial charge in [0.05, 0.1) is 4.90 Å². The van der Waals surface area contributed by atoms with Crippen molar-refractivity contribution in [3.8, 4) is 0 Å². The zero-order chi connectivity index (χ0) is 14.6. The molecule has 1 aliphatic rings. The Morgan fingerprint density at radius 2 is 2.00 bits per heavy atom. The summed E-state index contributed by atoms with van der Waals surface area (Å²) in [6.07, 6.45) is 1.93.